The molecule has 0 N–H and O–H groups in total. The molecule has 4 rings (SSSR count). The summed E-state index contributed by atoms with van der Waals surface area (Å²) >= 11 is 0. The number of benzene rings is 1. The number of hydrogen-bond acceptors (Lipinski definition) is 4. The van der Waals surface area contributed by atoms with Crippen molar-refractivity contribution in [1.29, 1.82) is 0 Å². The van der Waals surface area contributed by atoms with Gasteiger partial charge in [-0.15, -0.1) is 5.10 Å². The van der Waals surface area contributed by atoms with Crippen molar-refractivity contribution in [2.45, 2.75) is 58.5 Å². The van der Waals surface area contributed by atoms with E-state index in [-0.39, 0.29) is 30.1 Å². The third kappa shape index (κ3) is 3.01. The third-order valence-electron chi connectivity index (χ3n) is 5.37. The summed E-state index contributed by atoms with van der Waals surface area (Å²) in [5.74, 6) is 0.681. The Morgan fingerprint density at radius 2 is 2.04 bits per heavy atom. The average molecular weight is 367 g/mol. The monoisotopic (exact) mass is 367 g/mol. The van der Waals surface area contributed by atoms with Crippen LogP contribution in [-0.4, -0.2) is 42.6 Å². The molecule has 0 radical (unpaired) electrons. The molecule has 0 saturated carbocycles. The minimum atomic E-state index is -0.301. The number of carbonyl (C=O) groups excluding carboxylic acids is 1. The van der Waals surface area contributed by atoms with Crippen LogP contribution in [-0.2, 0) is 11.3 Å². The molecule has 1 fully saturated rings. The predicted octanol–water partition coefficient (Wildman–Crippen LogP) is 2.57. The quantitative estimate of drug-likeness (QED) is 0.713. The van der Waals surface area contributed by atoms with Crippen LogP contribution in [0.5, 0.6) is 0 Å². The number of amides is 1. The van der Waals surface area contributed by atoms with E-state index in [1.807, 2.05) is 43.0 Å². The molecule has 27 heavy (non-hydrogen) atoms. The van der Waals surface area contributed by atoms with E-state index in [0.29, 0.717) is 11.5 Å². The molecule has 7 heteroatoms. The number of likely N-dealkylation sites (tertiary alicyclic amines) is 1. The van der Waals surface area contributed by atoms with Gasteiger partial charge in [0.25, 0.3) is 0 Å². The smallest absolute Gasteiger partial charge is 0.338 e. The lowest BCUT2D eigenvalue weighted by molar-refractivity contribution is -0.135. The van der Waals surface area contributed by atoms with E-state index in [4.69, 9.17) is 0 Å². The number of para-hydroxylation sites is 1. The van der Waals surface area contributed by atoms with Gasteiger partial charge in [-0.3, -0.25) is 4.79 Å². The standard InChI is InChI=1S/C20H25N5O2/c1-13(2)18-21-16-10-5-4-9-15(16)19-22-24(20(27)25(18)19)12-17(26)23-11-7-6-8-14(23)3/h4-5,9-10,13-14H,6-8,11-12H2,1-3H3/t14-/m1/s1. The maximum Gasteiger partial charge on any atom is 0.352 e. The van der Waals surface area contributed by atoms with Crippen molar-refractivity contribution in [3.63, 3.8) is 0 Å². The van der Waals surface area contributed by atoms with Crippen LogP contribution in [0.2, 0.25) is 0 Å². The zero-order valence-corrected chi connectivity index (χ0v) is 16.1. The van der Waals surface area contributed by atoms with Crippen molar-refractivity contribution in [3.8, 4) is 0 Å². The SMILES string of the molecule is CC(C)c1nc2ccccc2c2nn(CC(=O)N3CCCC[C@H]3C)c(=O)n12. The summed E-state index contributed by atoms with van der Waals surface area (Å²) in [6.07, 6.45) is 3.18. The Morgan fingerprint density at radius 3 is 2.78 bits per heavy atom. The summed E-state index contributed by atoms with van der Waals surface area (Å²) < 4.78 is 2.85. The first-order chi connectivity index (χ1) is 13.0. The van der Waals surface area contributed by atoms with Crippen molar-refractivity contribution >= 4 is 22.5 Å². The van der Waals surface area contributed by atoms with Gasteiger partial charge in [0.1, 0.15) is 12.4 Å². The van der Waals surface area contributed by atoms with Gasteiger partial charge in [0.05, 0.1) is 5.52 Å². The van der Waals surface area contributed by atoms with E-state index in [9.17, 15) is 9.59 Å². The second-order valence-electron chi connectivity index (χ2n) is 7.67. The normalized spacial score (nSPS) is 17.9. The molecule has 0 bridgehead atoms. The van der Waals surface area contributed by atoms with Crippen molar-refractivity contribution in [2.75, 3.05) is 6.54 Å². The average Bonchev–Trinajstić information content (AvgIpc) is 2.98. The minimum absolute atomic E-state index is 0.0310. The summed E-state index contributed by atoms with van der Waals surface area (Å²) in [7, 11) is 0. The lowest BCUT2D eigenvalue weighted by atomic mass is 10.0. The summed E-state index contributed by atoms with van der Waals surface area (Å²) in [6.45, 7) is 6.79. The van der Waals surface area contributed by atoms with Gasteiger partial charge in [-0.25, -0.2) is 18.9 Å². The molecule has 1 aliphatic heterocycles. The molecule has 1 amide bonds. The second-order valence-corrected chi connectivity index (χ2v) is 7.67. The topological polar surface area (TPSA) is 72.5 Å². The Balaban J connectivity index is 1.81. The highest BCUT2D eigenvalue weighted by molar-refractivity contribution is 5.91. The van der Waals surface area contributed by atoms with Gasteiger partial charge in [0.15, 0.2) is 5.65 Å². The van der Waals surface area contributed by atoms with Crippen LogP contribution in [0.4, 0.5) is 0 Å². The second kappa shape index (κ2) is 6.79. The number of carbonyl (C=O) groups is 1. The Labute approximate surface area is 157 Å². The lowest BCUT2D eigenvalue weighted by Crippen LogP contribution is -2.44. The molecule has 0 aliphatic carbocycles. The van der Waals surface area contributed by atoms with Gasteiger partial charge in [0, 0.05) is 23.9 Å². The van der Waals surface area contributed by atoms with Gasteiger partial charge >= 0.3 is 5.69 Å². The first-order valence-corrected chi connectivity index (χ1v) is 9.65. The molecule has 0 spiro atoms. The van der Waals surface area contributed by atoms with E-state index in [0.717, 1.165) is 36.7 Å². The van der Waals surface area contributed by atoms with Crippen LogP contribution >= 0.6 is 0 Å². The highest BCUT2D eigenvalue weighted by Crippen LogP contribution is 2.21. The highest BCUT2D eigenvalue weighted by atomic mass is 16.2. The summed E-state index contributed by atoms with van der Waals surface area (Å²) in [5.41, 5.74) is 1.07. The molecule has 0 unspecified atom stereocenters. The van der Waals surface area contributed by atoms with Crippen molar-refractivity contribution in [1.82, 2.24) is 24.1 Å². The third-order valence-corrected chi connectivity index (χ3v) is 5.37. The van der Waals surface area contributed by atoms with Crippen LogP contribution in [0.3, 0.4) is 0 Å². The maximum atomic E-state index is 13.0. The molecule has 1 saturated heterocycles. The van der Waals surface area contributed by atoms with Crippen LogP contribution in [0.1, 0.15) is 51.8 Å². The number of piperidine rings is 1. The Morgan fingerprint density at radius 1 is 1.26 bits per heavy atom. The predicted molar refractivity (Wildman–Crippen MR) is 104 cm³/mol. The largest absolute Gasteiger partial charge is 0.352 e. The van der Waals surface area contributed by atoms with Gasteiger partial charge in [-0.05, 0) is 38.3 Å². The summed E-state index contributed by atoms with van der Waals surface area (Å²) in [4.78, 5) is 32.4. The number of nitrogens with zero attached hydrogens (tertiary/aromatic N) is 5. The number of rotatable bonds is 3. The molecule has 1 aliphatic rings. The number of aromatic nitrogens is 4. The first-order valence-electron chi connectivity index (χ1n) is 9.65. The molecule has 3 aromatic rings. The van der Waals surface area contributed by atoms with E-state index < -0.39 is 0 Å². The fourth-order valence-electron chi connectivity index (χ4n) is 3.90. The Hall–Kier alpha value is -2.70. The number of hydrogen-bond donors (Lipinski definition) is 0. The van der Waals surface area contributed by atoms with Crippen LogP contribution in [0.25, 0.3) is 16.6 Å². The van der Waals surface area contributed by atoms with E-state index in [1.165, 1.54) is 4.68 Å². The molecule has 1 atom stereocenters. The molecule has 142 valence electrons. The van der Waals surface area contributed by atoms with E-state index in [2.05, 4.69) is 17.0 Å². The van der Waals surface area contributed by atoms with Gasteiger partial charge in [0.2, 0.25) is 5.91 Å². The molecule has 2 aromatic heterocycles. The van der Waals surface area contributed by atoms with Crippen molar-refractivity contribution in [3.05, 3.63) is 40.6 Å². The maximum absolute atomic E-state index is 13.0. The summed E-state index contributed by atoms with van der Waals surface area (Å²) in [6, 6.07) is 7.88. The van der Waals surface area contributed by atoms with Gasteiger partial charge in [-0.1, -0.05) is 26.0 Å². The number of fused-ring (bicyclic) bond motifs is 3. The van der Waals surface area contributed by atoms with E-state index >= 15 is 0 Å². The fourth-order valence-corrected chi connectivity index (χ4v) is 3.90. The molecule has 7 nitrogen and oxygen atoms in total. The van der Waals surface area contributed by atoms with Crippen molar-refractivity contribution < 1.29 is 4.79 Å². The van der Waals surface area contributed by atoms with E-state index in [1.54, 1.807) is 4.40 Å². The van der Waals surface area contributed by atoms with Gasteiger partial charge < -0.3 is 4.90 Å². The molecule has 1 aromatic carbocycles. The van der Waals surface area contributed by atoms with Crippen LogP contribution in [0, 0.1) is 0 Å². The first kappa shape index (κ1) is 17.7. The van der Waals surface area contributed by atoms with Crippen molar-refractivity contribution in [2.24, 2.45) is 0 Å². The Bertz CT molecular complexity index is 1070. The molecular weight excluding hydrogens is 342 g/mol. The van der Waals surface area contributed by atoms with Crippen LogP contribution in [0.15, 0.2) is 29.1 Å². The molecular formula is C20H25N5O2. The highest BCUT2D eigenvalue weighted by Gasteiger charge is 2.25. The van der Waals surface area contributed by atoms with Gasteiger partial charge in [-0.2, -0.15) is 0 Å². The zero-order valence-electron chi connectivity index (χ0n) is 16.1. The Kier molecular flexibility index (Phi) is 4.45. The van der Waals surface area contributed by atoms with Crippen LogP contribution < -0.4 is 5.69 Å². The summed E-state index contributed by atoms with van der Waals surface area (Å²) in [5, 5.41) is 5.34. The lowest BCUT2D eigenvalue weighted by Gasteiger charge is -2.33. The minimum Gasteiger partial charge on any atom is -0.338 e. The molecule has 3 heterocycles. The fraction of sp³-hybridized carbons (Fsp3) is 0.500. The zero-order chi connectivity index (χ0) is 19.1.